The largest absolute Gasteiger partial charge is 0.444 e. The smallest absolute Gasteiger partial charge is 0.410 e. The second-order valence-corrected chi connectivity index (χ2v) is 18.9. The number of imidazole rings is 1. The van der Waals surface area contributed by atoms with E-state index in [9.17, 15) is 18.2 Å². The number of ether oxygens (including phenoxy) is 1. The highest BCUT2D eigenvalue weighted by molar-refractivity contribution is 7.84. The van der Waals surface area contributed by atoms with E-state index in [0.29, 0.717) is 25.3 Å². The van der Waals surface area contributed by atoms with E-state index >= 15 is 8.78 Å². The monoisotopic (exact) mass is 759 g/mol. The topological polar surface area (TPSA) is 96.8 Å². The van der Waals surface area contributed by atoms with Gasteiger partial charge in [-0.25, -0.2) is 31.9 Å². The van der Waals surface area contributed by atoms with Crippen molar-refractivity contribution in [2.45, 2.75) is 97.8 Å². The van der Waals surface area contributed by atoms with Gasteiger partial charge in [0.15, 0.2) is 0 Å². The van der Waals surface area contributed by atoms with Crippen LogP contribution in [0, 0.1) is 28.9 Å². The van der Waals surface area contributed by atoms with Gasteiger partial charge in [0.05, 0.1) is 34.0 Å². The fraction of sp³-hybridized carbons (Fsp3) is 0.575. The average Bonchev–Trinajstić information content (AvgIpc) is 3.63. The van der Waals surface area contributed by atoms with Gasteiger partial charge < -0.3 is 19.0 Å². The lowest BCUT2D eigenvalue weighted by Gasteiger charge is -2.44. The molecule has 1 saturated heterocycles. The first-order valence-corrected chi connectivity index (χ1v) is 19.4. The van der Waals surface area contributed by atoms with Gasteiger partial charge in [-0.15, -0.1) is 0 Å². The number of amides is 1. The quantitative estimate of drug-likeness (QED) is 0.160. The number of rotatable bonds is 15. The van der Waals surface area contributed by atoms with Crippen LogP contribution in [0.1, 0.15) is 86.2 Å². The Bertz CT molecular complexity index is 1720. The molecule has 0 saturated carbocycles. The zero-order valence-corrected chi connectivity index (χ0v) is 33.3. The van der Waals surface area contributed by atoms with E-state index in [2.05, 4.69) is 4.72 Å². The molecule has 1 aliphatic heterocycles. The lowest BCUT2D eigenvalue weighted by Crippen LogP contribution is -2.47. The highest BCUT2D eigenvalue weighted by Gasteiger charge is 2.44. The molecule has 0 aliphatic carbocycles. The molecule has 4 rings (SSSR count). The Kier molecular flexibility index (Phi) is 13.8. The molecule has 3 aromatic rings. The molecule has 5 unspecified atom stereocenters. The van der Waals surface area contributed by atoms with Crippen LogP contribution in [-0.4, -0.2) is 85.2 Å². The van der Waals surface area contributed by atoms with E-state index in [1.165, 1.54) is 4.90 Å². The number of carbonyl (C=O) groups is 2. The van der Waals surface area contributed by atoms with Crippen molar-refractivity contribution in [3.8, 4) is 11.3 Å². The number of hydrogen-bond acceptors (Lipinski definition) is 6. The van der Waals surface area contributed by atoms with Crippen LogP contribution in [0.15, 0.2) is 54.7 Å². The standard InChI is InChI=1S/C40H56F3N5O4S/c1-27(26-49)20-46(22-29-23-48(24-33(29)43)37(50)52-38(2,3)4)35(40(8,9)17-18-44-53(51)39(5,6)7)36-45-34(31-19-30(41)15-16-32(31)42)25-47(36)21-28-13-11-10-12-14-28/h10-16,19,25-27,29,33,35,44H,17-18,20-24H2,1-9H3. The van der Waals surface area contributed by atoms with Crippen molar-refractivity contribution in [3.63, 3.8) is 0 Å². The molecule has 1 N–H and O–H groups in total. The molecule has 1 amide bonds. The predicted octanol–water partition coefficient (Wildman–Crippen LogP) is 7.73. The number of halogens is 3. The second kappa shape index (κ2) is 17.3. The maximum absolute atomic E-state index is 16.0. The van der Waals surface area contributed by atoms with Crippen LogP contribution < -0.4 is 4.72 Å². The maximum Gasteiger partial charge on any atom is 0.410 e. The first-order valence-electron chi connectivity index (χ1n) is 18.2. The van der Waals surface area contributed by atoms with Gasteiger partial charge in [-0.1, -0.05) is 51.1 Å². The SMILES string of the molecule is CC(C=O)CN(CC1CN(C(=O)OC(C)(C)C)CC1F)C(c1nc(-c2cc(F)ccc2F)cn1Cc1ccccc1)C(C)(C)CCNS(=O)C(C)(C)C. The molecule has 53 heavy (non-hydrogen) atoms. The summed E-state index contributed by atoms with van der Waals surface area (Å²) in [6.07, 6.45) is 1.09. The minimum Gasteiger partial charge on any atom is -0.444 e. The van der Waals surface area contributed by atoms with Gasteiger partial charge in [-0.05, 0) is 77.1 Å². The molecule has 1 fully saturated rings. The summed E-state index contributed by atoms with van der Waals surface area (Å²) in [5.41, 5.74) is -0.260. The Morgan fingerprint density at radius 1 is 1.08 bits per heavy atom. The molecular formula is C40H56F3N5O4S. The molecular weight excluding hydrogens is 704 g/mol. The first kappa shape index (κ1) is 42.2. The molecule has 0 bridgehead atoms. The van der Waals surface area contributed by atoms with Gasteiger partial charge in [0.25, 0.3) is 0 Å². The summed E-state index contributed by atoms with van der Waals surface area (Å²) in [7, 11) is -1.34. The van der Waals surface area contributed by atoms with Gasteiger partial charge in [0.1, 0.15) is 35.5 Å². The molecule has 0 radical (unpaired) electrons. The Morgan fingerprint density at radius 3 is 2.38 bits per heavy atom. The summed E-state index contributed by atoms with van der Waals surface area (Å²) in [6, 6.07) is 12.3. The number of likely N-dealkylation sites (tertiary alicyclic amines) is 1. The van der Waals surface area contributed by atoms with Crippen molar-refractivity contribution in [1.29, 1.82) is 0 Å². The van der Waals surface area contributed by atoms with E-state index in [-0.39, 0.29) is 37.4 Å². The number of aromatic nitrogens is 2. The van der Waals surface area contributed by atoms with Crippen molar-refractivity contribution in [2.75, 3.05) is 32.7 Å². The van der Waals surface area contributed by atoms with E-state index < -0.39 is 68.5 Å². The third-order valence-electron chi connectivity index (χ3n) is 9.35. The van der Waals surface area contributed by atoms with Crippen LogP contribution in [0.25, 0.3) is 11.3 Å². The highest BCUT2D eigenvalue weighted by Crippen LogP contribution is 2.43. The number of carbonyl (C=O) groups excluding carboxylic acids is 2. The lowest BCUT2D eigenvalue weighted by atomic mass is 9.79. The summed E-state index contributed by atoms with van der Waals surface area (Å²) < 4.78 is 68.9. The minimum atomic E-state index is -1.36. The number of alkyl halides is 1. The highest BCUT2D eigenvalue weighted by atomic mass is 32.2. The summed E-state index contributed by atoms with van der Waals surface area (Å²) >= 11 is 0. The van der Waals surface area contributed by atoms with Crippen molar-refractivity contribution in [1.82, 2.24) is 24.1 Å². The third-order valence-corrected chi connectivity index (χ3v) is 10.9. The second-order valence-electron chi connectivity index (χ2n) is 16.9. The van der Waals surface area contributed by atoms with Crippen molar-refractivity contribution >= 4 is 23.4 Å². The van der Waals surface area contributed by atoms with Gasteiger partial charge in [-0.3, -0.25) is 4.90 Å². The number of nitrogens with zero attached hydrogens (tertiary/aromatic N) is 4. The van der Waals surface area contributed by atoms with Gasteiger partial charge in [0, 0.05) is 56.3 Å². The van der Waals surface area contributed by atoms with Crippen LogP contribution in [-0.2, 0) is 27.1 Å². The van der Waals surface area contributed by atoms with E-state index in [4.69, 9.17) is 9.72 Å². The Hall–Kier alpha value is -3.55. The number of benzene rings is 2. The number of hydrogen-bond donors (Lipinski definition) is 1. The fourth-order valence-electron chi connectivity index (χ4n) is 6.68. The molecule has 292 valence electrons. The maximum atomic E-state index is 16.0. The number of nitrogens with one attached hydrogen (secondary N) is 1. The van der Waals surface area contributed by atoms with Gasteiger partial charge in [0.2, 0.25) is 0 Å². The summed E-state index contributed by atoms with van der Waals surface area (Å²) in [5.74, 6) is -1.80. The molecule has 1 aromatic heterocycles. The van der Waals surface area contributed by atoms with Crippen molar-refractivity contribution < 1.29 is 31.7 Å². The fourth-order valence-corrected chi connectivity index (χ4v) is 7.40. The van der Waals surface area contributed by atoms with Crippen LogP contribution >= 0.6 is 0 Å². The first-order chi connectivity index (χ1) is 24.7. The molecule has 0 spiro atoms. The van der Waals surface area contributed by atoms with E-state index in [0.717, 1.165) is 30.0 Å². The molecule has 2 heterocycles. The van der Waals surface area contributed by atoms with Crippen molar-refractivity contribution in [2.24, 2.45) is 17.3 Å². The molecule has 2 aromatic carbocycles. The third kappa shape index (κ3) is 11.5. The zero-order valence-electron chi connectivity index (χ0n) is 32.5. The van der Waals surface area contributed by atoms with E-state index in [1.807, 2.05) is 74.4 Å². The zero-order chi connectivity index (χ0) is 39.3. The summed E-state index contributed by atoms with van der Waals surface area (Å²) in [6.45, 7) is 17.9. The van der Waals surface area contributed by atoms with Crippen LogP contribution in [0.4, 0.5) is 18.0 Å². The Labute approximate surface area is 315 Å². The summed E-state index contributed by atoms with van der Waals surface area (Å²) in [4.78, 5) is 33.7. The molecule has 13 heteroatoms. The van der Waals surface area contributed by atoms with Crippen LogP contribution in [0.2, 0.25) is 0 Å². The summed E-state index contributed by atoms with van der Waals surface area (Å²) in [5, 5.41) is 0. The van der Waals surface area contributed by atoms with Crippen molar-refractivity contribution in [3.05, 3.63) is 77.8 Å². The predicted molar refractivity (Wildman–Crippen MR) is 203 cm³/mol. The van der Waals surface area contributed by atoms with Gasteiger partial charge >= 0.3 is 6.09 Å². The van der Waals surface area contributed by atoms with Gasteiger partial charge in [-0.2, -0.15) is 0 Å². The average molecular weight is 760 g/mol. The Balaban J connectivity index is 1.85. The molecule has 5 atom stereocenters. The van der Waals surface area contributed by atoms with E-state index in [1.54, 1.807) is 33.9 Å². The lowest BCUT2D eigenvalue weighted by molar-refractivity contribution is -0.111. The minimum absolute atomic E-state index is 0.00251. The normalized spacial score (nSPS) is 18.6. The molecule has 1 aliphatic rings. The van der Waals surface area contributed by atoms with Crippen LogP contribution in [0.5, 0.6) is 0 Å². The Morgan fingerprint density at radius 2 is 1.75 bits per heavy atom. The molecule has 9 nitrogen and oxygen atoms in total. The van der Waals surface area contributed by atoms with Crippen LogP contribution in [0.3, 0.4) is 0 Å². The number of aldehydes is 1.